The second-order valence-corrected chi connectivity index (χ2v) is 8.70. The molecule has 0 saturated carbocycles. The minimum absolute atomic E-state index is 0.0208. The number of carbonyl (C=O) groups is 2. The van der Waals surface area contributed by atoms with E-state index in [2.05, 4.69) is 22.8 Å². The summed E-state index contributed by atoms with van der Waals surface area (Å²) in [4.78, 5) is 30.4. The van der Waals surface area contributed by atoms with Crippen LogP contribution in [0.4, 0.5) is 0 Å². The van der Waals surface area contributed by atoms with Crippen molar-refractivity contribution < 1.29 is 14.3 Å². The molecule has 6 nitrogen and oxygen atoms in total. The Morgan fingerprint density at radius 3 is 2.47 bits per heavy atom. The molecular weight excluding hydrogens is 402 g/mol. The highest BCUT2D eigenvalue weighted by Crippen LogP contribution is 2.27. The number of para-hydroxylation sites is 1. The average molecular weight is 432 g/mol. The molecule has 1 unspecified atom stereocenters. The van der Waals surface area contributed by atoms with Crippen LogP contribution in [0.1, 0.15) is 28.8 Å². The third-order valence-electron chi connectivity index (χ3n) is 6.60. The number of carbonyl (C=O) groups excluding carboxylic acids is 2. The van der Waals surface area contributed by atoms with Crippen LogP contribution in [0.5, 0.6) is 0 Å². The first-order valence-electron chi connectivity index (χ1n) is 11.5. The van der Waals surface area contributed by atoms with Crippen molar-refractivity contribution in [1.82, 2.24) is 14.4 Å². The number of nitrogens with zero attached hydrogens (tertiary/aromatic N) is 3. The summed E-state index contributed by atoms with van der Waals surface area (Å²) < 4.78 is 7.53. The molecule has 0 spiro atoms. The molecular formula is C26H29N3O3. The molecule has 2 fully saturated rings. The number of aromatic nitrogens is 1. The van der Waals surface area contributed by atoms with Gasteiger partial charge in [0.2, 0.25) is 5.91 Å². The van der Waals surface area contributed by atoms with Gasteiger partial charge in [-0.15, -0.1) is 0 Å². The van der Waals surface area contributed by atoms with Crippen LogP contribution in [0.15, 0.2) is 60.8 Å². The summed E-state index contributed by atoms with van der Waals surface area (Å²) in [5, 5.41) is 0.968. The molecule has 6 heteroatoms. The minimum atomic E-state index is -0.122. The van der Waals surface area contributed by atoms with Gasteiger partial charge in [0.1, 0.15) is 0 Å². The molecule has 3 aromatic rings. The van der Waals surface area contributed by atoms with Crippen molar-refractivity contribution in [2.24, 2.45) is 5.92 Å². The number of amides is 2. The smallest absolute Gasteiger partial charge is 0.256 e. The molecule has 0 radical (unpaired) electrons. The van der Waals surface area contributed by atoms with E-state index in [1.165, 1.54) is 5.56 Å². The summed E-state index contributed by atoms with van der Waals surface area (Å²) in [6.45, 7) is 4.40. The van der Waals surface area contributed by atoms with Crippen molar-refractivity contribution in [2.45, 2.75) is 19.4 Å². The molecule has 2 aromatic carbocycles. The first kappa shape index (κ1) is 20.8. The summed E-state index contributed by atoms with van der Waals surface area (Å²) in [6, 6.07) is 18.4. The average Bonchev–Trinajstić information content (AvgIpc) is 3.22. The molecule has 2 aliphatic heterocycles. The number of hydrogen-bond donors (Lipinski definition) is 0. The lowest BCUT2D eigenvalue weighted by Crippen LogP contribution is -2.49. The highest BCUT2D eigenvalue weighted by Gasteiger charge is 2.33. The Morgan fingerprint density at radius 1 is 0.906 bits per heavy atom. The monoisotopic (exact) mass is 431 g/mol. The SMILES string of the molecule is O=C(c1cn(Cc2ccccc2)c2ccccc12)N1CCCC(C(=O)N2CCOCC2)C1. The fraction of sp³-hybridized carbons (Fsp3) is 0.385. The van der Waals surface area contributed by atoms with Gasteiger partial charge in [0, 0.05) is 49.8 Å². The first-order valence-corrected chi connectivity index (χ1v) is 11.5. The van der Waals surface area contributed by atoms with Crippen molar-refractivity contribution in [3.63, 3.8) is 0 Å². The fourth-order valence-corrected chi connectivity index (χ4v) is 4.90. The van der Waals surface area contributed by atoms with Gasteiger partial charge >= 0.3 is 0 Å². The van der Waals surface area contributed by atoms with E-state index in [0.29, 0.717) is 45.9 Å². The van der Waals surface area contributed by atoms with Gasteiger partial charge in [-0.3, -0.25) is 9.59 Å². The third-order valence-corrected chi connectivity index (χ3v) is 6.60. The molecule has 0 bridgehead atoms. The van der Waals surface area contributed by atoms with E-state index in [4.69, 9.17) is 4.74 Å². The molecule has 3 heterocycles. The number of ether oxygens (including phenoxy) is 1. The molecule has 32 heavy (non-hydrogen) atoms. The van der Waals surface area contributed by atoms with Crippen LogP contribution >= 0.6 is 0 Å². The number of fused-ring (bicyclic) bond motifs is 1. The van der Waals surface area contributed by atoms with Crippen LogP contribution in [0.2, 0.25) is 0 Å². The summed E-state index contributed by atoms with van der Waals surface area (Å²) >= 11 is 0. The molecule has 0 aliphatic carbocycles. The van der Waals surface area contributed by atoms with Gasteiger partial charge in [0.25, 0.3) is 5.91 Å². The van der Waals surface area contributed by atoms with Gasteiger partial charge in [0.15, 0.2) is 0 Å². The number of likely N-dealkylation sites (tertiary alicyclic amines) is 1. The summed E-state index contributed by atoms with van der Waals surface area (Å²) in [6.07, 6.45) is 3.68. The van der Waals surface area contributed by atoms with Crippen LogP contribution in [0, 0.1) is 5.92 Å². The van der Waals surface area contributed by atoms with E-state index >= 15 is 0 Å². The van der Waals surface area contributed by atoms with Crippen LogP contribution in [-0.4, -0.2) is 65.6 Å². The van der Waals surface area contributed by atoms with Crippen LogP contribution in [0.3, 0.4) is 0 Å². The molecule has 1 aromatic heterocycles. The van der Waals surface area contributed by atoms with Crippen molar-refractivity contribution in [1.29, 1.82) is 0 Å². The van der Waals surface area contributed by atoms with Gasteiger partial charge in [0.05, 0.1) is 24.7 Å². The van der Waals surface area contributed by atoms with Crippen LogP contribution in [-0.2, 0) is 16.1 Å². The Balaban J connectivity index is 1.37. The molecule has 2 aliphatic rings. The maximum Gasteiger partial charge on any atom is 0.256 e. The second-order valence-electron chi connectivity index (χ2n) is 8.70. The summed E-state index contributed by atoms with van der Waals surface area (Å²) in [7, 11) is 0. The highest BCUT2D eigenvalue weighted by atomic mass is 16.5. The quantitative estimate of drug-likeness (QED) is 0.636. The zero-order valence-corrected chi connectivity index (χ0v) is 18.3. The molecule has 2 amide bonds. The molecule has 5 rings (SSSR count). The van der Waals surface area contributed by atoms with Crippen LogP contribution in [0.25, 0.3) is 10.9 Å². The zero-order valence-electron chi connectivity index (χ0n) is 18.3. The van der Waals surface area contributed by atoms with Crippen LogP contribution < -0.4 is 0 Å². The van der Waals surface area contributed by atoms with Crippen molar-refractivity contribution >= 4 is 22.7 Å². The van der Waals surface area contributed by atoms with E-state index in [0.717, 1.165) is 29.3 Å². The van der Waals surface area contributed by atoms with Gasteiger partial charge in [-0.2, -0.15) is 0 Å². The maximum atomic E-state index is 13.6. The van der Waals surface area contributed by atoms with E-state index in [-0.39, 0.29) is 17.7 Å². The molecule has 166 valence electrons. The summed E-state index contributed by atoms with van der Waals surface area (Å²) in [5.74, 6) is 0.0632. The number of benzene rings is 2. The molecule has 0 N–H and O–H groups in total. The van der Waals surface area contributed by atoms with Gasteiger partial charge < -0.3 is 19.1 Å². The fourth-order valence-electron chi connectivity index (χ4n) is 4.90. The summed E-state index contributed by atoms with van der Waals surface area (Å²) in [5.41, 5.74) is 2.97. The topological polar surface area (TPSA) is 54.8 Å². The number of morpholine rings is 1. The Bertz CT molecular complexity index is 1100. The van der Waals surface area contributed by atoms with E-state index in [1.54, 1.807) is 0 Å². The van der Waals surface area contributed by atoms with Gasteiger partial charge in [-0.1, -0.05) is 48.5 Å². The lowest BCUT2D eigenvalue weighted by molar-refractivity contribution is -0.141. The maximum absolute atomic E-state index is 13.6. The lowest BCUT2D eigenvalue weighted by Gasteiger charge is -2.36. The predicted octanol–water partition coefficient (Wildman–Crippen LogP) is 3.40. The second kappa shape index (κ2) is 9.17. The van der Waals surface area contributed by atoms with Crippen molar-refractivity contribution in [2.75, 3.05) is 39.4 Å². The van der Waals surface area contributed by atoms with Gasteiger partial charge in [-0.05, 0) is 24.5 Å². The van der Waals surface area contributed by atoms with Gasteiger partial charge in [-0.25, -0.2) is 0 Å². The Hall–Kier alpha value is -3.12. The molecule has 2 saturated heterocycles. The van der Waals surface area contributed by atoms with Crippen molar-refractivity contribution in [3.8, 4) is 0 Å². The van der Waals surface area contributed by atoms with Crippen molar-refractivity contribution in [3.05, 3.63) is 71.9 Å². The number of hydrogen-bond acceptors (Lipinski definition) is 3. The normalized spacial score (nSPS) is 19.3. The van der Waals surface area contributed by atoms with E-state index in [9.17, 15) is 9.59 Å². The largest absolute Gasteiger partial charge is 0.378 e. The number of rotatable bonds is 4. The van der Waals surface area contributed by atoms with E-state index < -0.39 is 0 Å². The Kier molecular flexibility index (Phi) is 5.95. The first-order chi connectivity index (χ1) is 15.7. The third kappa shape index (κ3) is 4.15. The highest BCUT2D eigenvalue weighted by molar-refractivity contribution is 6.07. The minimum Gasteiger partial charge on any atom is -0.378 e. The van der Waals surface area contributed by atoms with E-state index in [1.807, 2.05) is 52.4 Å². The lowest BCUT2D eigenvalue weighted by atomic mass is 9.95. The predicted molar refractivity (Wildman–Crippen MR) is 124 cm³/mol. The zero-order chi connectivity index (χ0) is 21.9. The molecule has 1 atom stereocenters. The number of piperidine rings is 1. The Labute approximate surface area is 188 Å². The standard InChI is InChI=1S/C26H29N3O3/c30-25(27-13-15-32-16-14-27)21-9-6-12-28(18-21)26(31)23-19-29(17-20-7-2-1-3-8-20)24-11-5-4-10-22(23)24/h1-5,7-8,10-11,19,21H,6,9,12-18H2. The Morgan fingerprint density at radius 2 is 1.66 bits per heavy atom.